The van der Waals surface area contributed by atoms with Gasteiger partial charge in [-0.25, -0.2) is 4.98 Å². The summed E-state index contributed by atoms with van der Waals surface area (Å²) in [5.74, 6) is 1.25. The zero-order valence-corrected chi connectivity index (χ0v) is 17.2. The van der Waals surface area contributed by atoms with Crippen LogP contribution in [-0.2, 0) is 16.0 Å². The first-order chi connectivity index (χ1) is 14.5. The van der Waals surface area contributed by atoms with Gasteiger partial charge in [-0.2, -0.15) is 0 Å². The molecular formula is C23H24N4O3. The van der Waals surface area contributed by atoms with Crippen LogP contribution >= 0.6 is 0 Å². The molecule has 1 unspecified atom stereocenters. The summed E-state index contributed by atoms with van der Waals surface area (Å²) in [5, 5.41) is 3.75. The molecule has 1 aliphatic rings. The Morgan fingerprint density at radius 1 is 1.33 bits per heavy atom. The van der Waals surface area contributed by atoms with Gasteiger partial charge in [0.25, 0.3) is 0 Å². The topological polar surface area (TPSA) is 87.3 Å². The van der Waals surface area contributed by atoms with Crippen LogP contribution in [0.4, 0.5) is 5.82 Å². The van der Waals surface area contributed by atoms with Gasteiger partial charge in [0.1, 0.15) is 11.6 Å². The van der Waals surface area contributed by atoms with Crippen molar-refractivity contribution in [2.75, 3.05) is 19.5 Å². The lowest BCUT2D eigenvalue weighted by molar-refractivity contribution is -0.126. The molecule has 0 saturated heterocycles. The number of H-pyrrole nitrogens is 1. The number of anilines is 1. The van der Waals surface area contributed by atoms with Crippen molar-refractivity contribution in [3.05, 3.63) is 59.4 Å². The van der Waals surface area contributed by atoms with Gasteiger partial charge < -0.3 is 19.9 Å². The van der Waals surface area contributed by atoms with Crippen molar-refractivity contribution in [2.45, 2.75) is 25.8 Å². The molecule has 1 aliphatic heterocycles. The summed E-state index contributed by atoms with van der Waals surface area (Å²) in [6.45, 7) is 1.99. The molecule has 4 rings (SSSR count). The summed E-state index contributed by atoms with van der Waals surface area (Å²) < 4.78 is 5.50. The number of hydrogen-bond donors (Lipinski definition) is 2. The Hall–Kier alpha value is -3.61. The smallest absolute Gasteiger partial charge is 0.246 e. The highest BCUT2D eigenvalue weighted by Gasteiger charge is 2.21. The van der Waals surface area contributed by atoms with Crippen LogP contribution in [-0.4, -0.2) is 40.8 Å². The maximum Gasteiger partial charge on any atom is 0.246 e. The molecular weight excluding hydrogens is 380 g/mol. The molecule has 7 nitrogen and oxygen atoms in total. The minimum atomic E-state index is -0.149. The third-order valence-corrected chi connectivity index (χ3v) is 5.58. The van der Waals surface area contributed by atoms with Crippen LogP contribution in [0.25, 0.3) is 17.0 Å². The number of nitrogens with one attached hydrogen (secondary N) is 2. The monoisotopic (exact) mass is 404 g/mol. The number of ether oxygens (including phenoxy) is 1. The van der Waals surface area contributed by atoms with Crippen molar-refractivity contribution in [2.24, 2.45) is 0 Å². The summed E-state index contributed by atoms with van der Waals surface area (Å²) >= 11 is 0. The predicted octanol–water partition coefficient (Wildman–Crippen LogP) is 3.69. The number of amides is 2. The zero-order chi connectivity index (χ0) is 21.3. The van der Waals surface area contributed by atoms with E-state index < -0.39 is 0 Å². The molecule has 0 spiro atoms. The van der Waals surface area contributed by atoms with Crippen LogP contribution in [0, 0.1) is 0 Å². The molecule has 154 valence electrons. The molecule has 2 N–H and O–H groups in total. The highest BCUT2D eigenvalue weighted by atomic mass is 16.5. The molecule has 3 heterocycles. The number of likely N-dealkylation sites (N-methyl/N-ethyl adjacent to an activating group) is 1. The summed E-state index contributed by atoms with van der Waals surface area (Å²) in [5.41, 5.74) is 3.78. The van der Waals surface area contributed by atoms with Gasteiger partial charge in [-0.1, -0.05) is 6.07 Å². The van der Waals surface area contributed by atoms with E-state index in [0.717, 1.165) is 33.3 Å². The van der Waals surface area contributed by atoms with Crippen molar-refractivity contribution < 1.29 is 14.3 Å². The van der Waals surface area contributed by atoms with Gasteiger partial charge in [-0.05, 0) is 48.7 Å². The van der Waals surface area contributed by atoms with Crippen molar-refractivity contribution in [1.82, 2.24) is 14.9 Å². The van der Waals surface area contributed by atoms with Crippen molar-refractivity contribution in [3.63, 3.8) is 0 Å². The number of aromatic nitrogens is 2. The van der Waals surface area contributed by atoms with Crippen LogP contribution < -0.4 is 10.1 Å². The fraction of sp³-hybridized carbons (Fsp3) is 0.261. The SMILES string of the molecule is COc1cccc2[nH]cc(C(C)N(C)C(=O)C=Cc3cnc4c(c3)CCC(=O)N4)c12. The van der Waals surface area contributed by atoms with Gasteiger partial charge in [0.05, 0.1) is 13.2 Å². The maximum atomic E-state index is 12.8. The number of pyridine rings is 1. The molecule has 1 atom stereocenters. The minimum absolute atomic E-state index is 0.0157. The first-order valence-electron chi connectivity index (χ1n) is 9.85. The van der Waals surface area contributed by atoms with Gasteiger partial charge in [-0.3, -0.25) is 9.59 Å². The average molecular weight is 404 g/mol. The normalized spacial score (nSPS) is 14.4. The average Bonchev–Trinajstić information content (AvgIpc) is 3.20. The second-order valence-corrected chi connectivity index (χ2v) is 7.41. The number of aryl methyl sites for hydroxylation is 1. The van der Waals surface area contributed by atoms with Crippen LogP contribution in [0.1, 0.15) is 36.1 Å². The molecule has 0 saturated carbocycles. The second-order valence-electron chi connectivity index (χ2n) is 7.41. The predicted molar refractivity (Wildman–Crippen MR) is 116 cm³/mol. The Balaban J connectivity index is 1.52. The summed E-state index contributed by atoms with van der Waals surface area (Å²) in [4.78, 5) is 33.5. The lowest BCUT2D eigenvalue weighted by Crippen LogP contribution is -2.27. The molecule has 0 fully saturated rings. The highest BCUT2D eigenvalue weighted by Crippen LogP contribution is 2.34. The van der Waals surface area contributed by atoms with E-state index in [2.05, 4.69) is 15.3 Å². The first-order valence-corrected chi connectivity index (χ1v) is 9.85. The fourth-order valence-electron chi connectivity index (χ4n) is 3.73. The van der Waals surface area contributed by atoms with E-state index >= 15 is 0 Å². The molecule has 0 bridgehead atoms. The first kappa shape index (κ1) is 19.7. The fourth-order valence-corrected chi connectivity index (χ4v) is 3.73. The van der Waals surface area contributed by atoms with E-state index in [9.17, 15) is 9.59 Å². The zero-order valence-electron chi connectivity index (χ0n) is 17.2. The van der Waals surface area contributed by atoms with E-state index in [4.69, 9.17) is 4.74 Å². The Labute approximate surface area is 174 Å². The number of aromatic amines is 1. The van der Waals surface area contributed by atoms with E-state index in [1.54, 1.807) is 37.4 Å². The van der Waals surface area contributed by atoms with Gasteiger partial charge in [0.15, 0.2) is 0 Å². The van der Waals surface area contributed by atoms with E-state index in [1.165, 1.54) is 0 Å². The quantitative estimate of drug-likeness (QED) is 0.635. The number of fused-ring (bicyclic) bond motifs is 2. The lowest BCUT2D eigenvalue weighted by atomic mass is 10.0. The standard InChI is InChI=1S/C23H24N4O3/c1-14(17-13-24-18-5-4-6-19(30-3)22(17)18)27(2)21(29)10-7-15-11-16-8-9-20(28)26-23(16)25-12-15/h4-7,10-14,24H,8-9H2,1-3H3,(H,25,26,28). The number of carbonyl (C=O) groups excluding carboxylic acids is 2. The second kappa shape index (κ2) is 8.02. The Kier molecular flexibility index (Phi) is 5.27. The Morgan fingerprint density at radius 3 is 2.97 bits per heavy atom. The molecule has 7 heteroatoms. The van der Waals surface area contributed by atoms with Crippen LogP contribution in [0.3, 0.4) is 0 Å². The number of benzene rings is 1. The van der Waals surface area contributed by atoms with Crippen LogP contribution in [0.2, 0.25) is 0 Å². The molecule has 2 aromatic heterocycles. The number of hydrogen-bond acceptors (Lipinski definition) is 4. The number of rotatable bonds is 5. The highest BCUT2D eigenvalue weighted by molar-refractivity contribution is 5.95. The molecule has 0 radical (unpaired) electrons. The van der Waals surface area contributed by atoms with E-state index in [1.807, 2.05) is 37.4 Å². The Morgan fingerprint density at radius 2 is 2.17 bits per heavy atom. The summed E-state index contributed by atoms with van der Waals surface area (Å²) in [6.07, 6.45) is 7.99. The lowest BCUT2D eigenvalue weighted by Gasteiger charge is -2.24. The van der Waals surface area contributed by atoms with Crippen LogP contribution in [0.15, 0.2) is 42.7 Å². The van der Waals surface area contributed by atoms with Crippen molar-refractivity contribution >= 4 is 34.6 Å². The molecule has 2 amide bonds. The summed E-state index contributed by atoms with van der Waals surface area (Å²) in [7, 11) is 3.43. The largest absolute Gasteiger partial charge is 0.496 e. The van der Waals surface area contributed by atoms with Crippen molar-refractivity contribution in [1.29, 1.82) is 0 Å². The molecule has 3 aromatic rings. The maximum absolute atomic E-state index is 12.8. The summed E-state index contributed by atoms with van der Waals surface area (Å²) in [6, 6.07) is 7.64. The van der Waals surface area contributed by atoms with Gasteiger partial charge in [0, 0.05) is 48.4 Å². The number of nitrogens with zero attached hydrogens (tertiary/aromatic N) is 2. The van der Waals surface area contributed by atoms with E-state index in [-0.39, 0.29) is 17.9 Å². The molecule has 30 heavy (non-hydrogen) atoms. The van der Waals surface area contributed by atoms with E-state index in [0.29, 0.717) is 18.7 Å². The number of methoxy groups -OCH3 is 1. The third kappa shape index (κ3) is 3.66. The van der Waals surface area contributed by atoms with Crippen LogP contribution in [0.5, 0.6) is 5.75 Å². The molecule has 1 aromatic carbocycles. The van der Waals surface area contributed by atoms with Gasteiger partial charge in [-0.15, -0.1) is 0 Å². The molecule has 0 aliphatic carbocycles. The van der Waals surface area contributed by atoms with Gasteiger partial charge >= 0.3 is 0 Å². The van der Waals surface area contributed by atoms with Crippen molar-refractivity contribution in [3.8, 4) is 5.75 Å². The number of carbonyl (C=O) groups is 2. The minimum Gasteiger partial charge on any atom is -0.496 e. The van der Waals surface area contributed by atoms with Gasteiger partial charge in [0.2, 0.25) is 11.8 Å². The Bertz CT molecular complexity index is 1150. The third-order valence-electron chi connectivity index (χ3n) is 5.58.